The van der Waals surface area contributed by atoms with E-state index >= 15 is 0 Å². The van der Waals surface area contributed by atoms with Gasteiger partial charge in [0, 0.05) is 33.3 Å². The van der Waals surface area contributed by atoms with Gasteiger partial charge in [-0.05, 0) is 18.2 Å². The number of methoxy groups -OCH3 is 1. The molecule has 1 aromatic carbocycles. The molecule has 1 aliphatic heterocycles. The van der Waals surface area contributed by atoms with Crippen molar-refractivity contribution in [2.75, 3.05) is 39.9 Å². The van der Waals surface area contributed by atoms with Crippen LogP contribution in [0.2, 0.25) is 5.02 Å². The number of ether oxygens (including phenoxy) is 1. The highest BCUT2D eigenvalue weighted by Gasteiger charge is 2.25. The molecule has 1 heterocycles. The Morgan fingerprint density at radius 3 is 2.43 bits per heavy atom. The highest BCUT2D eigenvalue weighted by Crippen LogP contribution is 2.19. The Bertz CT molecular complexity index is 545. The first-order valence-electron chi connectivity index (χ1n) is 6.54. The molecule has 0 spiro atoms. The van der Waals surface area contributed by atoms with E-state index in [2.05, 4.69) is 0 Å². The third kappa shape index (κ3) is 3.71. The van der Waals surface area contributed by atoms with Crippen LogP contribution in [0.15, 0.2) is 18.2 Å². The number of rotatable bonds is 3. The summed E-state index contributed by atoms with van der Waals surface area (Å²) in [5.74, 6) is -0.824. The molecule has 21 heavy (non-hydrogen) atoms. The molecular weight excluding hydrogens is 299 g/mol. The predicted octanol–water partition coefficient (Wildman–Crippen LogP) is 1.41. The van der Waals surface area contributed by atoms with Crippen molar-refractivity contribution in [3.8, 4) is 0 Å². The Morgan fingerprint density at radius 2 is 1.86 bits per heavy atom. The fourth-order valence-electron chi connectivity index (χ4n) is 2.21. The van der Waals surface area contributed by atoms with Crippen LogP contribution >= 0.6 is 11.6 Å². The van der Waals surface area contributed by atoms with Crippen LogP contribution in [-0.4, -0.2) is 61.5 Å². The van der Waals surface area contributed by atoms with Crippen molar-refractivity contribution in [3.05, 3.63) is 34.6 Å². The smallest absolute Gasteiger partial charge is 0.255 e. The quantitative estimate of drug-likeness (QED) is 0.847. The number of benzene rings is 1. The van der Waals surface area contributed by atoms with Gasteiger partial charge in [0.25, 0.3) is 5.91 Å². The van der Waals surface area contributed by atoms with Crippen molar-refractivity contribution in [3.63, 3.8) is 0 Å². The Kier molecular flexibility index (Phi) is 5.14. The predicted molar refractivity (Wildman–Crippen MR) is 75.8 cm³/mol. The van der Waals surface area contributed by atoms with E-state index in [1.54, 1.807) is 9.80 Å². The normalized spacial score (nSPS) is 15.2. The van der Waals surface area contributed by atoms with Crippen LogP contribution in [-0.2, 0) is 9.53 Å². The van der Waals surface area contributed by atoms with Gasteiger partial charge in [0.2, 0.25) is 5.91 Å². The van der Waals surface area contributed by atoms with Gasteiger partial charge in [0.05, 0.1) is 10.6 Å². The van der Waals surface area contributed by atoms with Crippen molar-refractivity contribution >= 4 is 23.4 Å². The molecule has 114 valence electrons. The minimum Gasteiger partial charge on any atom is -0.375 e. The van der Waals surface area contributed by atoms with E-state index in [9.17, 15) is 14.0 Å². The first-order valence-corrected chi connectivity index (χ1v) is 6.91. The van der Waals surface area contributed by atoms with E-state index in [0.29, 0.717) is 26.2 Å². The molecule has 0 aromatic heterocycles. The van der Waals surface area contributed by atoms with Crippen LogP contribution < -0.4 is 0 Å². The van der Waals surface area contributed by atoms with Gasteiger partial charge >= 0.3 is 0 Å². The number of nitrogens with zero attached hydrogens (tertiary/aromatic N) is 2. The molecule has 2 rings (SSSR count). The summed E-state index contributed by atoms with van der Waals surface area (Å²) in [4.78, 5) is 27.3. The van der Waals surface area contributed by atoms with Crippen LogP contribution in [0.25, 0.3) is 0 Å². The Labute approximate surface area is 127 Å². The average molecular weight is 315 g/mol. The molecular formula is C14H16ClFN2O3. The summed E-state index contributed by atoms with van der Waals surface area (Å²) in [7, 11) is 1.47. The third-order valence-electron chi connectivity index (χ3n) is 3.35. The number of hydrogen-bond donors (Lipinski definition) is 0. The standard InChI is InChI=1S/C14H16ClFN2O3/c1-21-9-13(19)17-4-6-18(7-5-17)14(20)11-3-2-10(16)8-12(11)15/h2-3,8H,4-7,9H2,1H3. The lowest BCUT2D eigenvalue weighted by molar-refractivity contribution is -0.136. The van der Waals surface area contributed by atoms with Crippen molar-refractivity contribution < 1.29 is 18.7 Å². The van der Waals surface area contributed by atoms with E-state index in [1.165, 1.54) is 19.2 Å². The molecule has 1 fully saturated rings. The molecule has 0 atom stereocenters. The number of piperazine rings is 1. The molecule has 0 unspecified atom stereocenters. The first kappa shape index (κ1) is 15.7. The lowest BCUT2D eigenvalue weighted by Crippen LogP contribution is -2.51. The summed E-state index contributed by atoms with van der Waals surface area (Å²) in [6, 6.07) is 3.70. The van der Waals surface area contributed by atoms with E-state index in [0.717, 1.165) is 6.07 Å². The minimum absolute atomic E-state index is 0.0394. The summed E-state index contributed by atoms with van der Waals surface area (Å²) in [5, 5.41) is 0.0953. The molecule has 2 amide bonds. The summed E-state index contributed by atoms with van der Waals surface area (Å²) >= 11 is 5.90. The van der Waals surface area contributed by atoms with Crippen LogP contribution in [0, 0.1) is 5.82 Å². The monoisotopic (exact) mass is 314 g/mol. The summed E-state index contributed by atoms with van der Waals surface area (Å²) in [6.07, 6.45) is 0. The van der Waals surface area contributed by atoms with Crippen molar-refractivity contribution in [1.82, 2.24) is 9.80 Å². The highest BCUT2D eigenvalue weighted by molar-refractivity contribution is 6.33. The Hall–Kier alpha value is -1.66. The topological polar surface area (TPSA) is 49.9 Å². The second kappa shape index (κ2) is 6.87. The zero-order chi connectivity index (χ0) is 15.4. The molecule has 1 saturated heterocycles. The molecule has 1 aliphatic rings. The highest BCUT2D eigenvalue weighted by atomic mass is 35.5. The Morgan fingerprint density at radius 1 is 1.24 bits per heavy atom. The molecule has 5 nitrogen and oxygen atoms in total. The fraction of sp³-hybridized carbons (Fsp3) is 0.429. The van der Waals surface area contributed by atoms with Gasteiger partial charge in [-0.15, -0.1) is 0 Å². The summed E-state index contributed by atoms with van der Waals surface area (Å²) in [5.41, 5.74) is 0.273. The number of amides is 2. The van der Waals surface area contributed by atoms with Crippen molar-refractivity contribution in [1.29, 1.82) is 0 Å². The van der Waals surface area contributed by atoms with Crippen molar-refractivity contribution in [2.45, 2.75) is 0 Å². The number of carbonyl (C=O) groups is 2. The molecule has 7 heteroatoms. The zero-order valence-electron chi connectivity index (χ0n) is 11.6. The second-order valence-electron chi connectivity index (χ2n) is 4.73. The largest absolute Gasteiger partial charge is 0.375 e. The summed E-state index contributed by atoms with van der Waals surface area (Å²) < 4.78 is 17.8. The molecule has 0 bridgehead atoms. The van der Waals surface area contributed by atoms with Gasteiger partial charge in [0.15, 0.2) is 0 Å². The molecule has 0 saturated carbocycles. The zero-order valence-corrected chi connectivity index (χ0v) is 12.4. The summed E-state index contributed by atoms with van der Waals surface area (Å²) in [6.45, 7) is 1.78. The van der Waals surface area contributed by atoms with Crippen molar-refractivity contribution in [2.24, 2.45) is 0 Å². The van der Waals surface area contributed by atoms with Crippen LogP contribution in [0.4, 0.5) is 4.39 Å². The number of hydrogen-bond acceptors (Lipinski definition) is 3. The molecule has 0 aliphatic carbocycles. The maximum atomic E-state index is 13.0. The molecule has 0 radical (unpaired) electrons. The van der Waals surface area contributed by atoms with E-state index < -0.39 is 5.82 Å². The van der Waals surface area contributed by atoms with Gasteiger partial charge in [-0.2, -0.15) is 0 Å². The van der Waals surface area contributed by atoms with Gasteiger partial charge in [0.1, 0.15) is 12.4 Å². The van der Waals surface area contributed by atoms with Gasteiger partial charge in [-0.25, -0.2) is 4.39 Å². The maximum absolute atomic E-state index is 13.0. The lowest BCUT2D eigenvalue weighted by atomic mass is 10.1. The maximum Gasteiger partial charge on any atom is 0.255 e. The SMILES string of the molecule is COCC(=O)N1CCN(C(=O)c2ccc(F)cc2Cl)CC1. The Balaban J connectivity index is 1.98. The third-order valence-corrected chi connectivity index (χ3v) is 3.66. The van der Waals surface area contributed by atoms with Gasteiger partial charge in [-0.3, -0.25) is 9.59 Å². The van der Waals surface area contributed by atoms with E-state index in [4.69, 9.17) is 16.3 Å². The van der Waals surface area contributed by atoms with Crippen LogP contribution in [0.3, 0.4) is 0 Å². The number of halogens is 2. The first-order chi connectivity index (χ1) is 10.0. The number of carbonyl (C=O) groups excluding carboxylic acids is 2. The molecule has 0 N–H and O–H groups in total. The van der Waals surface area contributed by atoms with E-state index in [1.807, 2.05) is 0 Å². The van der Waals surface area contributed by atoms with Gasteiger partial charge < -0.3 is 14.5 Å². The second-order valence-corrected chi connectivity index (χ2v) is 5.14. The lowest BCUT2D eigenvalue weighted by Gasteiger charge is -2.34. The fourth-order valence-corrected chi connectivity index (χ4v) is 2.46. The average Bonchev–Trinajstić information content (AvgIpc) is 2.47. The molecule has 1 aromatic rings. The minimum atomic E-state index is -0.480. The van der Waals surface area contributed by atoms with Crippen LogP contribution in [0.5, 0.6) is 0 Å². The van der Waals surface area contributed by atoms with Gasteiger partial charge in [-0.1, -0.05) is 11.6 Å². The van der Waals surface area contributed by atoms with E-state index in [-0.39, 0.29) is 29.0 Å². The van der Waals surface area contributed by atoms with Crippen LogP contribution in [0.1, 0.15) is 10.4 Å².